The van der Waals surface area contributed by atoms with Gasteiger partial charge in [-0.05, 0) is 38.5 Å². The highest BCUT2D eigenvalue weighted by atomic mass is 16.5. The minimum absolute atomic E-state index is 0.154. The Balaban J connectivity index is 2.12. The highest BCUT2D eigenvalue weighted by Gasteiger charge is 2.33. The van der Waals surface area contributed by atoms with E-state index in [-0.39, 0.29) is 6.10 Å². The molecule has 0 aliphatic carbocycles. The number of benzene rings is 1. The topological polar surface area (TPSA) is 45.5 Å². The molecule has 1 aliphatic heterocycles. The number of hydrogen-bond donors (Lipinski definition) is 0. The van der Waals surface area contributed by atoms with E-state index >= 15 is 0 Å². The number of hydrogen-bond acceptors (Lipinski definition) is 4. The summed E-state index contributed by atoms with van der Waals surface area (Å²) in [5.74, 6) is 0.866. The van der Waals surface area contributed by atoms with Crippen molar-refractivity contribution in [3.05, 3.63) is 29.8 Å². The van der Waals surface area contributed by atoms with Crippen LogP contribution in [0.4, 0.5) is 0 Å². The summed E-state index contributed by atoms with van der Waals surface area (Å²) in [6, 6.07) is 10.5. The van der Waals surface area contributed by atoms with Gasteiger partial charge in [-0.1, -0.05) is 12.1 Å². The number of rotatable bonds is 5. The van der Waals surface area contributed by atoms with Crippen LogP contribution in [-0.4, -0.2) is 42.8 Å². The van der Waals surface area contributed by atoms with Crippen molar-refractivity contribution < 1.29 is 9.47 Å². The van der Waals surface area contributed by atoms with E-state index in [0.717, 1.165) is 24.4 Å². The quantitative estimate of drug-likeness (QED) is 0.835. The first-order chi connectivity index (χ1) is 10.0. The molecule has 1 atom stereocenters. The maximum absolute atomic E-state index is 9.65. The predicted octanol–water partition coefficient (Wildman–Crippen LogP) is 2.63. The molecular formula is C17H24N2O2. The second-order valence-electron chi connectivity index (χ2n) is 5.98. The zero-order valence-corrected chi connectivity index (χ0v) is 13.1. The van der Waals surface area contributed by atoms with Gasteiger partial charge >= 0.3 is 0 Å². The average Bonchev–Trinajstić information content (AvgIpc) is 2.47. The van der Waals surface area contributed by atoms with Crippen molar-refractivity contribution in [2.45, 2.75) is 38.8 Å². The average molecular weight is 288 g/mol. The lowest BCUT2D eigenvalue weighted by atomic mass is 9.92. The Bertz CT molecular complexity index is 504. The Kier molecular flexibility index (Phi) is 5.22. The van der Waals surface area contributed by atoms with E-state index in [1.807, 2.05) is 39.0 Å². The van der Waals surface area contributed by atoms with Crippen molar-refractivity contribution in [1.82, 2.24) is 4.90 Å². The first-order valence-corrected chi connectivity index (χ1v) is 7.53. The molecule has 1 fully saturated rings. The molecule has 1 aromatic carbocycles. The SMILES string of the molecule is CC(C)Oc1cccc(CC(C)(C#N)N2CCOCC2)c1. The molecule has 21 heavy (non-hydrogen) atoms. The van der Waals surface area contributed by atoms with E-state index in [2.05, 4.69) is 17.0 Å². The van der Waals surface area contributed by atoms with Crippen molar-refractivity contribution in [1.29, 1.82) is 5.26 Å². The fraction of sp³-hybridized carbons (Fsp3) is 0.588. The van der Waals surface area contributed by atoms with E-state index in [0.29, 0.717) is 19.6 Å². The van der Waals surface area contributed by atoms with Gasteiger partial charge in [-0.15, -0.1) is 0 Å². The van der Waals surface area contributed by atoms with Gasteiger partial charge in [0, 0.05) is 19.5 Å². The second-order valence-corrected chi connectivity index (χ2v) is 5.98. The normalized spacial score (nSPS) is 19.0. The molecule has 0 N–H and O–H groups in total. The van der Waals surface area contributed by atoms with Crippen molar-refractivity contribution in [3.63, 3.8) is 0 Å². The Morgan fingerprint density at radius 1 is 1.38 bits per heavy atom. The van der Waals surface area contributed by atoms with Crippen LogP contribution in [0.1, 0.15) is 26.3 Å². The summed E-state index contributed by atoms with van der Waals surface area (Å²) in [4.78, 5) is 2.21. The lowest BCUT2D eigenvalue weighted by molar-refractivity contribution is 0.00187. The fourth-order valence-corrected chi connectivity index (χ4v) is 2.68. The zero-order valence-electron chi connectivity index (χ0n) is 13.1. The molecule has 1 saturated heterocycles. The van der Waals surface area contributed by atoms with Crippen molar-refractivity contribution in [3.8, 4) is 11.8 Å². The third-order valence-corrected chi connectivity index (χ3v) is 3.77. The monoisotopic (exact) mass is 288 g/mol. The third-order valence-electron chi connectivity index (χ3n) is 3.77. The Labute approximate surface area is 127 Å². The molecule has 0 spiro atoms. The first kappa shape index (κ1) is 15.8. The Morgan fingerprint density at radius 2 is 2.10 bits per heavy atom. The smallest absolute Gasteiger partial charge is 0.119 e. The molecule has 1 aliphatic rings. The summed E-state index contributed by atoms with van der Waals surface area (Å²) >= 11 is 0. The third kappa shape index (κ3) is 4.20. The summed E-state index contributed by atoms with van der Waals surface area (Å²) in [5, 5.41) is 9.65. The second kappa shape index (κ2) is 6.93. The lowest BCUT2D eigenvalue weighted by Crippen LogP contribution is -2.52. The van der Waals surface area contributed by atoms with E-state index in [1.165, 1.54) is 0 Å². The van der Waals surface area contributed by atoms with Gasteiger partial charge in [0.05, 0.1) is 25.4 Å². The highest BCUT2D eigenvalue weighted by molar-refractivity contribution is 5.31. The fourth-order valence-electron chi connectivity index (χ4n) is 2.68. The van der Waals surface area contributed by atoms with Gasteiger partial charge in [-0.2, -0.15) is 5.26 Å². The summed E-state index contributed by atoms with van der Waals surface area (Å²) in [7, 11) is 0. The predicted molar refractivity (Wildman–Crippen MR) is 82.3 cm³/mol. The van der Waals surface area contributed by atoms with Crippen molar-refractivity contribution in [2.75, 3.05) is 26.3 Å². The van der Waals surface area contributed by atoms with Crippen LogP contribution in [0, 0.1) is 11.3 Å². The minimum Gasteiger partial charge on any atom is -0.491 e. The summed E-state index contributed by atoms with van der Waals surface area (Å²) in [6.07, 6.45) is 0.848. The van der Waals surface area contributed by atoms with Gasteiger partial charge in [0.25, 0.3) is 0 Å². The molecule has 1 heterocycles. The van der Waals surface area contributed by atoms with Crippen LogP contribution in [0.3, 0.4) is 0 Å². The van der Waals surface area contributed by atoms with Gasteiger partial charge in [-0.25, -0.2) is 0 Å². The summed E-state index contributed by atoms with van der Waals surface area (Å²) in [5.41, 5.74) is 0.629. The van der Waals surface area contributed by atoms with Crippen LogP contribution in [0.2, 0.25) is 0 Å². The molecular weight excluding hydrogens is 264 g/mol. The molecule has 0 radical (unpaired) electrons. The maximum Gasteiger partial charge on any atom is 0.119 e. The van der Waals surface area contributed by atoms with Crippen LogP contribution in [0.25, 0.3) is 0 Å². The van der Waals surface area contributed by atoms with Crippen LogP contribution < -0.4 is 4.74 Å². The van der Waals surface area contributed by atoms with Crippen LogP contribution >= 0.6 is 0 Å². The van der Waals surface area contributed by atoms with Gasteiger partial charge in [0.15, 0.2) is 0 Å². The molecule has 4 heteroatoms. The highest BCUT2D eigenvalue weighted by Crippen LogP contribution is 2.24. The van der Waals surface area contributed by atoms with Crippen LogP contribution in [0.15, 0.2) is 24.3 Å². The number of nitrogens with zero attached hydrogens (tertiary/aromatic N) is 2. The van der Waals surface area contributed by atoms with Gasteiger partial charge in [-0.3, -0.25) is 4.90 Å². The molecule has 1 aromatic rings. The van der Waals surface area contributed by atoms with Crippen molar-refractivity contribution >= 4 is 0 Å². The zero-order chi connectivity index (χ0) is 15.3. The van der Waals surface area contributed by atoms with Gasteiger partial charge < -0.3 is 9.47 Å². The Hall–Kier alpha value is -1.57. The molecule has 2 rings (SSSR count). The van der Waals surface area contributed by atoms with Crippen LogP contribution in [0.5, 0.6) is 5.75 Å². The van der Waals surface area contributed by atoms with Gasteiger partial charge in [0.1, 0.15) is 11.3 Å². The molecule has 114 valence electrons. The number of ether oxygens (including phenoxy) is 2. The van der Waals surface area contributed by atoms with Crippen LogP contribution in [-0.2, 0) is 11.2 Å². The van der Waals surface area contributed by atoms with Gasteiger partial charge in [0.2, 0.25) is 0 Å². The van der Waals surface area contributed by atoms with E-state index in [4.69, 9.17) is 9.47 Å². The van der Waals surface area contributed by atoms with Crippen molar-refractivity contribution in [2.24, 2.45) is 0 Å². The molecule has 0 amide bonds. The number of morpholine rings is 1. The summed E-state index contributed by atoms with van der Waals surface area (Å²) < 4.78 is 11.1. The maximum atomic E-state index is 9.65. The molecule has 0 bridgehead atoms. The standard InChI is InChI=1S/C17H24N2O2/c1-14(2)21-16-6-4-5-15(11-16)12-17(3,13-18)19-7-9-20-10-8-19/h4-6,11,14H,7-10,12H2,1-3H3. The minimum atomic E-state index is -0.500. The largest absolute Gasteiger partial charge is 0.491 e. The molecule has 0 aromatic heterocycles. The van der Waals surface area contributed by atoms with E-state index in [9.17, 15) is 5.26 Å². The summed E-state index contributed by atoms with van der Waals surface area (Å²) in [6.45, 7) is 9.06. The molecule has 4 nitrogen and oxygen atoms in total. The first-order valence-electron chi connectivity index (χ1n) is 7.53. The van der Waals surface area contributed by atoms with E-state index in [1.54, 1.807) is 0 Å². The Morgan fingerprint density at radius 3 is 2.71 bits per heavy atom. The van der Waals surface area contributed by atoms with E-state index < -0.39 is 5.54 Å². The molecule has 1 unspecified atom stereocenters. The molecule has 0 saturated carbocycles. The number of nitriles is 1. The lowest BCUT2D eigenvalue weighted by Gasteiger charge is -2.38.